The molecule has 4 rings (SSSR count). The number of nitrogens with zero attached hydrogens (tertiary/aromatic N) is 6. The lowest BCUT2D eigenvalue weighted by molar-refractivity contribution is -0.00177. The van der Waals surface area contributed by atoms with Crippen LogP contribution in [0.4, 0.5) is 15.9 Å². The van der Waals surface area contributed by atoms with Gasteiger partial charge in [-0.25, -0.2) is 13.9 Å². The fourth-order valence-electron chi connectivity index (χ4n) is 3.31. The van der Waals surface area contributed by atoms with Gasteiger partial charge in [-0.2, -0.15) is 15.3 Å². The number of aromatic nitrogens is 5. The maximum absolute atomic E-state index is 14.2. The number of nitrogens with one attached hydrogen (secondary N) is 2. The first-order valence-corrected chi connectivity index (χ1v) is 10.9. The fourth-order valence-corrected chi connectivity index (χ4v) is 3.31. The van der Waals surface area contributed by atoms with Gasteiger partial charge in [0.05, 0.1) is 59.2 Å². The van der Waals surface area contributed by atoms with Crippen LogP contribution in [0.3, 0.4) is 0 Å². The summed E-state index contributed by atoms with van der Waals surface area (Å²) in [7, 11) is 1.43. The lowest BCUT2D eigenvalue weighted by Crippen LogP contribution is -2.42. The lowest BCUT2D eigenvalue weighted by atomic mass is 10.0. The number of ether oxygens (including phenoxy) is 1. The fraction of sp³-hybridized carbons (Fsp3) is 0.250. The van der Waals surface area contributed by atoms with E-state index in [9.17, 15) is 14.3 Å². The highest BCUT2D eigenvalue weighted by molar-refractivity contribution is 6.00. The number of rotatable bonds is 8. The highest BCUT2D eigenvalue weighted by atomic mass is 19.1. The zero-order valence-electron chi connectivity index (χ0n) is 19.7. The zero-order valence-corrected chi connectivity index (χ0v) is 19.7. The number of carbonyl (C=O) groups excluding carboxylic acids is 1. The summed E-state index contributed by atoms with van der Waals surface area (Å²) in [6, 6.07) is 10.7. The number of pyridine rings is 1. The van der Waals surface area contributed by atoms with E-state index in [1.807, 2.05) is 0 Å². The Bertz CT molecular complexity index is 1460. The van der Waals surface area contributed by atoms with Crippen molar-refractivity contribution < 1.29 is 19.0 Å². The Labute approximate surface area is 205 Å². The summed E-state index contributed by atoms with van der Waals surface area (Å²) < 4.78 is 20.9. The molecular weight excluding hydrogens is 467 g/mol. The van der Waals surface area contributed by atoms with Gasteiger partial charge in [0.2, 0.25) is 0 Å². The SMILES string of the molecule is COc1nccc(Nc2cc(-c3ccc4cc(C#N)cnn34)ncc2C(=O)NCC(F)C(C)(C)O)n1. The van der Waals surface area contributed by atoms with Gasteiger partial charge < -0.3 is 20.5 Å². The van der Waals surface area contributed by atoms with Crippen molar-refractivity contribution in [2.24, 2.45) is 0 Å². The van der Waals surface area contributed by atoms with Gasteiger partial charge in [0.15, 0.2) is 0 Å². The monoisotopic (exact) mass is 490 g/mol. The number of nitriles is 1. The molecular formula is C24H23FN8O3. The molecule has 0 aliphatic rings. The van der Waals surface area contributed by atoms with Gasteiger partial charge >= 0.3 is 6.01 Å². The van der Waals surface area contributed by atoms with Crippen molar-refractivity contribution in [1.29, 1.82) is 5.26 Å². The molecule has 4 heterocycles. The summed E-state index contributed by atoms with van der Waals surface area (Å²) in [5.41, 5.74) is 1.07. The highest BCUT2D eigenvalue weighted by Gasteiger charge is 2.27. The van der Waals surface area contributed by atoms with Gasteiger partial charge in [-0.15, -0.1) is 0 Å². The molecule has 0 spiro atoms. The van der Waals surface area contributed by atoms with Crippen LogP contribution in [0.25, 0.3) is 16.9 Å². The Kier molecular flexibility index (Phi) is 6.75. The minimum absolute atomic E-state index is 0.125. The minimum Gasteiger partial charge on any atom is -0.467 e. The van der Waals surface area contributed by atoms with Crippen LogP contribution in [0.2, 0.25) is 0 Å². The summed E-state index contributed by atoms with van der Waals surface area (Å²) in [5.74, 6) is -0.244. The molecule has 0 fully saturated rings. The van der Waals surface area contributed by atoms with Gasteiger partial charge in [0.1, 0.15) is 18.1 Å². The second-order valence-electron chi connectivity index (χ2n) is 8.41. The molecule has 0 bridgehead atoms. The molecule has 36 heavy (non-hydrogen) atoms. The summed E-state index contributed by atoms with van der Waals surface area (Å²) in [6.07, 6.45) is 2.62. The second-order valence-corrected chi connectivity index (χ2v) is 8.41. The van der Waals surface area contributed by atoms with E-state index in [1.54, 1.807) is 34.8 Å². The molecule has 1 amide bonds. The van der Waals surface area contributed by atoms with Crippen LogP contribution >= 0.6 is 0 Å². The number of hydrogen-bond acceptors (Lipinski definition) is 9. The first kappa shape index (κ1) is 24.5. The Morgan fingerprint density at radius 3 is 2.81 bits per heavy atom. The van der Waals surface area contributed by atoms with E-state index in [0.29, 0.717) is 34.0 Å². The molecule has 0 aliphatic heterocycles. The van der Waals surface area contributed by atoms with E-state index in [-0.39, 0.29) is 18.1 Å². The van der Waals surface area contributed by atoms with Gasteiger partial charge in [0.25, 0.3) is 5.91 Å². The third-order valence-electron chi connectivity index (χ3n) is 5.33. The number of hydrogen-bond donors (Lipinski definition) is 3. The maximum Gasteiger partial charge on any atom is 0.318 e. The van der Waals surface area contributed by atoms with Gasteiger partial charge in [0, 0.05) is 12.4 Å². The van der Waals surface area contributed by atoms with Crippen molar-refractivity contribution in [3.63, 3.8) is 0 Å². The predicted octanol–water partition coefficient (Wildman–Crippen LogP) is 2.65. The molecule has 1 atom stereocenters. The number of carbonyl (C=O) groups is 1. The molecule has 12 heteroatoms. The van der Waals surface area contributed by atoms with Crippen LogP contribution in [-0.2, 0) is 0 Å². The normalized spacial score (nSPS) is 12.1. The molecule has 4 aromatic rings. The third kappa shape index (κ3) is 5.21. The molecule has 1 unspecified atom stereocenters. The first-order valence-electron chi connectivity index (χ1n) is 10.9. The summed E-state index contributed by atoms with van der Waals surface area (Å²) >= 11 is 0. The molecule has 0 aliphatic carbocycles. The van der Waals surface area contributed by atoms with Crippen molar-refractivity contribution >= 4 is 22.9 Å². The predicted molar refractivity (Wildman–Crippen MR) is 129 cm³/mol. The molecule has 184 valence electrons. The van der Waals surface area contributed by atoms with E-state index < -0.39 is 17.7 Å². The smallest absolute Gasteiger partial charge is 0.318 e. The maximum atomic E-state index is 14.2. The number of alkyl halides is 1. The second kappa shape index (κ2) is 9.93. The Balaban J connectivity index is 1.72. The van der Waals surface area contributed by atoms with Gasteiger partial charge in [-0.05, 0) is 44.2 Å². The number of fused-ring (bicyclic) bond motifs is 1. The average Bonchev–Trinajstić information content (AvgIpc) is 3.29. The minimum atomic E-state index is -1.67. The van der Waals surface area contributed by atoms with Crippen molar-refractivity contribution in [1.82, 2.24) is 29.9 Å². The lowest BCUT2D eigenvalue weighted by Gasteiger charge is -2.22. The van der Waals surface area contributed by atoms with Crippen LogP contribution in [0.15, 0.2) is 48.9 Å². The number of amides is 1. The zero-order chi connectivity index (χ0) is 25.9. The summed E-state index contributed by atoms with van der Waals surface area (Å²) in [5, 5.41) is 28.8. The van der Waals surface area contributed by atoms with Crippen molar-refractivity contribution in [3.8, 4) is 23.5 Å². The van der Waals surface area contributed by atoms with Crippen LogP contribution in [0.5, 0.6) is 6.01 Å². The summed E-state index contributed by atoms with van der Waals surface area (Å²) in [4.78, 5) is 25.6. The van der Waals surface area contributed by atoms with E-state index in [1.165, 1.54) is 39.5 Å². The molecule has 4 aromatic heterocycles. The molecule has 3 N–H and O–H groups in total. The quantitative estimate of drug-likeness (QED) is 0.339. The van der Waals surface area contributed by atoms with Gasteiger partial charge in [-0.1, -0.05) is 0 Å². The molecule has 0 aromatic carbocycles. The summed E-state index contributed by atoms with van der Waals surface area (Å²) in [6.45, 7) is 2.26. The highest BCUT2D eigenvalue weighted by Crippen LogP contribution is 2.27. The van der Waals surface area contributed by atoms with Crippen molar-refractivity contribution in [3.05, 3.63) is 60.0 Å². The molecule has 0 saturated carbocycles. The van der Waals surface area contributed by atoms with Gasteiger partial charge in [-0.3, -0.25) is 9.78 Å². The number of anilines is 2. The van der Waals surface area contributed by atoms with E-state index in [4.69, 9.17) is 10.00 Å². The van der Waals surface area contributed by atoms with Crippen LogP contribution in [0.1, 0.15) is 29.8 Å². The molecule has 0 saturated heterocycles. The van der Waals surface area contributed by atoms with E-state index >= 15 is 0 Å². The van der Waals surface area contributed by atoms with E-state index in [2.05, 4.69) is 36.8 Å². The van der Waals surface area contributed by atoms with Crippen LogP contribution in [-0.4, -0.2) is 61.0 Å². The van der Waals surface area contributed by atoms with E-state index in [0.717, 1.165) is 0 Å². The molecule has 0 radical (unpaired) electrons. The standard InChI is InChI=1S/C24H23FN8O3/c1-24(2,35)20(25)13-29-22(34)16-12-28-18(9-17(16)31-21-6-7-27-23(32-21)36-3)19-5-4-15-8-14(10-26)11-30-33(15)19/h4-9,11-12,20,35H,13H2,1-3H3,(H,29,34)(H,27,28,31,32). The molecule has 11 nitrogen and oxygen atoms in total. The largest absolute Gasteiger partial charge is 0.467 e. The topological polar surface area (TPSA) is 150 Å². The van der Waals surface area contributed by atoms with Crippen molar-refractivity contribution in [2.75, 3.05) is 19.0 Å². The Morgan fingerprint density at radius 2 is 2.08 bits per heavy atom. The first-order chi connectivity index (χ1) is 17.2. The van der Waals surface area contributed by atoms with Crippen molar-refractivity contribution in [2.45, 2.75) is 25.6 Å². The third-order valence-corrected chi connectivity index (χ3v) is 5.33. The Hall–Kier alpha value is -4.63. The number of halogens is 1. The Morgan fingerprint density at radius 1 is 1.28 bits per heavy atom. The van der Waals surface area contributed by atoms with Crippen LogP contribution in [0, 0.1) is 11.3 Å². The number of methoxy groups -OCH3 is 1. The average molecular weight is 490 g/mol. The van der Waals surface area contributed by atoms with Crippen LogP contribution < -0.4 is 15.4 Å². The number of aliphatic hydroxyl groups is 1.